The Morgan fingerprint density at radius 3 is 2.61 bits per heavy atom. The van der Waals surface area contributed by atoms with Crippen molar-refractivity contribution in [1.82, 2.24) is 5.32 Å². The molecule has 1 atom stereocenters. The maximum Gasteiger partial charge on any atom is 0.244 e. The van der Waals surface area contributed by atoms with Gasteiger partial charge in [0.05, 0.1) is 6.04 Å². The van der Waals surface area contributed by atoms with Crippen LogP contribution in [-0.2, 0) is 4.79 Å². The van der Waals surface area contributed by atoms with Gasteiger partial charge in [0.2, 0.25) is 5.91 Å². The first kappa shape index (κ1) is 16.0. The average molecular weight is 360 g/mol. The first-order chi connectivity index (χ1) is 11.2. The second-order valence-electron chi connectivity index (χ2n) is 4.90. The van der Waals surface area contributed by atoms with Gasteiger partial charge in [0.15, 0.2) is 0 Å². The first-order valence-electron chi connectivity index (χ1n) is 7.02. The summed E-state index contributed by atoms with van der Waals surface area (Å²) in [6.07, 6.45) is 3.39. The van der Waals surface area contributed by atoms with E-state index in [-0.39, 0.29) is 11.9 Å². The number of halogens is 1. The number of carbonyl (C=O) groups excluding carboxylic acids is 1. The molecule has 1 aromatic carbocycles. The van der Waals surface area contributed by atoms with E-state index in [0.29, 0.717) is 5.02 Å². The fourth-order valence-electron chi connectivity index (χ4n) is 2.16. The van der Waals surface area contributed by atoms with Crippen molar-refractivity contribution in [2.45, 2.75) is 6.04 Å². The number of amides is 1. The van der Waals surface area contributed by atoms with Crippen molar-refractivity contribution in [2.75, 3.05) is 0 Å². The molecule has 2 aromatic heterocycles. The summed E-state index contributed by atoms with van der Waals surface area (Å²) in [5.41, 5.74) is 2.04. The fraction of sp³-hybridized carbons (Fsp3) is 0.0556. The Balaban J connectivity index is 1.79. The maximum atomic E-state index is 12.3. The van der Waals surface area contributed by atoms with Crippen LogP contribution in [0.1, 0.15) is 22.0 Å². The molecule has 0 aliphatic heterocycles. The van der Waals surface area contributed by atoms with E-state index in [2.05, 4.69) is 5.32 Å². The second-order valence-corrected chi connectivity index (χ2v) is 7.09. The van der Waals surface area contributed by atoms with Gasteiger partial charge in [0.1, 0.15) is 0 Å². The monoisotopic (exact) mass is 359 g/mol. The molecule has 0 saturated carbocycles. The highest BCUT2D eigenvalue weighted by Gasteiger charge is 2.16. The summed E-state index contributed by atoms with van der Waals surface area (Å²) in [4.78, 5) is 13.4. The fourth-order valence-corrected chi connectivity index (χ4v) is 3.72. The minimum atomic E-state index is -0.174. The number of rotatable bonds is 5. The van der Waals surface area contributed by atoms with Crippen molar-refractivity contribution in [3.63, 3.8) is 0 Å². The molecule has 2 nitrogen and oxygen atoms in total. The highest BCUT2D eigenvalue weighted by Crippen LogP contribution is 2.27. The number of hydrogen-bond acceptors (Lipinski definition) is 3. The van der Waals surface area contributed by atoms with E-state index in [1.807, 2.05) is 64.7 Å². The quantitative estimate of drug-likeness (QED) is 0.608. The Labute approximate surface area is 148 Å². The van der Waals surface area contributed by atoms with Crippen LogP contribution in [0.2, 0.25) is 5.02 Å². The second kappa shape index (κ2) is 7.59. The van der Waals surface area contributed by atoms with E-state index < -0.39 is 0 Å². The van der Waals surface area contributed by atoms with Gasteiger partial charge in [-0.2, -0.15) is 11.3 Å². The summed E-state index contributed by atoms with van der Waals surface area (Å²) in [7, 11) is 0. The van der Waals surface area contributed by atoms with Gasteiger partial charge in [0, 0.05) is 16.0 Å². The van der Waals surface area contributed by atoms with Gasteiger partial charge < -0.3 is 5.32 Å². The summed E-state index contributed by atoms with van der Waals surface area (Å²) in [6.45, 7) is 0. The van der Waals surface area contributed by atoms with Crippen LogP contribution < -0.4 is 5.32 Å². The van der Waals surface area contributed by atoms with E-state index in [9.17, 15) is 4.79 Å². The van der Waals surface area contributed by atoms with Gasteiger partial charge in [-0.15, -0.1) is 11.3 Å². The van der Waals surface area contributed by atoms with Crippen LogP contribution >= 0.6 is 34.3 Å². The van der Waals surface area contributed by atoms with Gasteiger partial charge >= 0.3 is 0 Å². The molecule has 0 aliphatic rings. The zero-order valence-corrected chi connectivity index (χ0v) is 14.5. The van der Waals surface area contributed by atoms with Crippen LogP contribution in [0.5, 0.6) is 0 Å². The molecule has 3 rings (SSSR count). The van der Waals surface area contributed by atoms with Crippen LogP contribution in [0.15, 0.2) is 64.7 Å². The molecule has 2 heterocycles. The minimum absolute atomic E-state index is 0.121. The molecule has 1 N–H and O–H groups in total. The smallest absolute Gasteiger partial charge is 0.244 e. The van der Waals surface area contributed by atoms with Crippen molar-refractivity contribution in [1.29, 1.82) is 0 Å². The van der Waals surface area contributed by atoms with Gasteiger partial charge in [0.25, 0.3) is 0 Å². The zero-order valence-electron chi connectivity index (χ0n) is 12.1. The van der Waals surface area contributed by atoms with E-state index in [1.54, 1.807) is 28.7 Å². The number of benzene rings is 1. The predicted octanol–water partition coefficient (Wildman–Crippen LogP) is 5.38. The lowest BCUT2D eigenvalue weighted by Gasteiger charge is -2.17. The third-order valence-corrected chi connectivity index (χ3v) is 5.18. The van der Waals surface area contributed by atoms with Crippen LogP contribution in [0.25, 0.3) is 6.08 Å². The Hall–Kier alpha value is -1.88. The van der Waals surface area contributed by atoms with E-state index >= 15 is 0 Å². The first-order valence-corrected chi connectivity index (χ1v) is 9.22. The molecule has 3 aromatic rings. The molecule has 1 unspecified atom stereocenters. The Morgan fingerprint density at radius 2 is 1.96 bits per heavy atom. The number of thiophene rings is 2. The largest absolute Gasteiger partial charge is 0.341 e. The van der Waals surface area contributed by atoms with Crippen LogP contribution in [0, 0.1) is 0 Å². The Kier molecular flexibility index (Phi) is 5.28. The predicted molar refractivity (Wildman–Crippen MR) is 99.1 cm³/mol. The molecule has 0 saturated heterocycles. The van der Waals surface area contributed by atoms with Gasteiger partial charge in [-0.05, 0) is 57.6 Å². The number of nitrogens with one attached hydrogen (secondary N) is 1. The molecule has 0 aliphatic carbocycles. The van der Waals surface area contributed by atoms with Crippen LogP contribution in [0.3, 0.4) is 0 Å². The van der Waals surface area contributed by atoms with Gasteiger partial charge in [-0.1, -0.05) is 29.8 Å². The summed E-state index contributed by atoms with van der Waals surface area (Å²) in [5, 5.41) is 9.74. The molecule has 0 bridgehead atoms. The van der Waals surface area contributed by atoms with Crippen molar-refractivity contribution >= 4 is 46.3 Å². The third kappa shape index (κ3) is 4.32. The zero-order chi connectivity index (χ0) is 16.1. The standard InChI is InChI=1S/C18H14ClNOS2/c19-15-6-4-14(5-7-15)18(16-2-1-10-23-16)20-17(21)8-3-13-9-11-22-12-13/h1-12,18H,(H,20,21). The maximum absolute atomic E-state index is 12.3. The molecule has 0 spiro atoms. The molecule has 116 valence electrons. The Bertz CT molecular complexity index is 777. The molecule has 0 fully saturated rings. The molecule has 5 heteroatoms. The van der Waals surface area contributed by atoms with Crippen molar-refractivity contribution in [3.8, 4) is 0 Å². The lowest BCUT2D eigenvalue weighted by atomic mass is 10.1. The van der Waals surface area contributed by atoms with Gasteiger partial charge in [-0.3, -0.25) is 4.79 Å². The normalized spacial score (nSPS) is 12.4. The van der Waals surface area contributed by atoms with Crippen molar-refractivity contribution in [2.24, 2.45) is 0 Å². The number of carbonyl (C=O) groups is 1. The number of hydrogen-bond donors (Lipinski definition) is 1. The van der Waals surface area contributed by atoms with Crippen molar-refractivity contribution < 1.29 is 4.79 Å². The molecule has 23 heavy (non-hydrogen) atoms. The topological polar surface area (TPSA) is 29.1 Å². The SMILES string of the molecule is O=C(C=Cc1ccsc1)NC(c1ccc(Cl)cc1)c1cccs1. The summed E-state index contributed by atoms with van der Waals surface area (Å²) < 4.78 is 0. The molecular weight excluding hydrogens is 346 g/mol. The molecular formula is C18H14ClNOS2. The van der Waals surface area contributed by atoms with E-state index in [4.69, 9.17) is 11.6 Å². The summed E-state index contributed by atoms with van der Waals surface area (Å²) >= 11 is 9.18. The molecule has 0 radical (unpaired) electrons. The van der Waals surface area contributed by atoms with E-state index in [1.165, 1.54) is 0 Å². The average Bonchev–Trinajstić information content (AvgIpc) is 3.25. The Morgan fingerprint density at radius 1 is 1.13 bits per heavy atom. The lowest BCUT2D eigenvalue weighted by molar-refractivity contribution is -0.116. The minimum Gasteiger partial charge on any atom is -0.341 e. The van der Waals surface area contributed by atoms with Crippen LogP contribution in [-0.4, -0.2) is 5.91 Å². The van der Waals surface area contributed by atoms with Crippen LogP contribution in [0.4, 0.5) is 0 Å². The van der Waals surface area contributed by atoms with Gasteiger partial charge in [-0.25, -0.2) is 0 Å². The third-order valence-electron chi connectivity index (χ3n) is 3.29. The van der Waals surface area contributed by atoms with Crippen molar-refractivity contribution in [3.05, 3.63) is 85.7 Å². The highest BCUT2D eigenvalue weighted by atomic mass is 35.5. The summed E-state index contributed by atoms with van der Waals surface area (Å²) in [6, 6.07) is 13.4. The molecule has 1 amide bonds. The summed E-state index contributed by atoms with van der Waals surface area (Å²) in [5.74, 6) is -0.121. The lowest BCUT2D eigenvalue weighted by Crippen LogP contribution is -2.27. The highest BCUT2D eigenvalue weighted by molar-refractivity contribution is 7.10. The van der Waals surface area contributed by atoms with E-state index in [0.717, 1.165) is 16.0 Å².